The van der Waals surface area contributed by atoms with Gasteiger partial charge in [-0.05, 0) is 25.7 Å². The second-order valence-corrected chi connectivity index (χ2v) is 7.98. The predicted octanol–water partition coefficient (Wildman–Crippen LogP) is 2.37. The van der Waals surface area contributed by atoms with Crippen LogP contribution in [0.15, 0.2) is 12.2 Å². The molecule has 0 aromatic rings. The maximum absolute atomic E-state index is 11.7. The molecule has 0 aromatic heterocycles. The molecule has 0 aromatic carbocycles. The molecule has 1 heterocycles. The molecule has 0 bridgehead atoms. The lowest BCUT2D eigenvalue weighted by atomic mass is 10.0. The van der Waals surface area contributed by atoms with Crippen LogP contribution < -0.4 is 5.32 Å². The summed E-state index contributed by atoms with van der Waals surface area (Å²) in [5, 5.41) is 32.5. The van der Waals surface area contributed by atoms with Crippen molar-refractivity contribution in [2.24, 2.45) is 0 Å². The summed E-state index contributed by atoms with van der Waals surface area (Å²) in [4.78, 5) is 22.8. The fourth-order valence-corrected chi connectivity index (χ4v) is 3.53. The number of cyclic esters (lactones) is 1. The molecule has 5 atom stereocenters. The Morgan fingerprint density at radius 1 is 1.10 bits per heavy atom. The third-order valence-corrected chi connectivity index (χ3v) is 5.26. The number of allylic oxidation sites excluding steroid dienone is 1. The average molecular weight is 414 g/mol. The van der Waals surface area contributed by atoms with E-state index in [2.05, 4.69) is 12.2 Å². The summed E-state index contributed by atoms with van der Waals surface area (Å²) in [5.41, 5.74) is 0. The second kappa shape index (κ2) is 14.5. The Bertz CT molecular complexity index is 510. The zero-order chi connectivity index (χ0) is 21.6. The standard InChI is InChI=1S/C22H39NO6/c1-3-4-5-10-13-17(25)14-11-8-6-7-9-12-15-18(26)21-20(27)19(22(28)29-21)23-16(2)24/h12,15,17-21,25-27H,3-11,13-14H2,1-2H3,(H,23,24)/b15-12+/t17-,18+,19+,20-,21-/m1/s1. The van der Waals surface area contributed by atoms with Crippen LogP contribution in [0, 0.1) is 0 Å². The number of hydrogen-bond donors (Lipinski definition) is 4. The van der Waals surface area contributed by atoms with Crippen molar-refractivity contribution in [3.63, 3.8) is 0 Å². The largest absolute Gasteiger partial charge is 0.455 e. The van der Waals surface area contributed by atoms with Crippen LogP contribution in [0.5, 0.6) is 0 Å². The molecule has 0 unspecified atom stereocenters. The van der Waals surface area contributed by atoms with Crippen LogP contribution in [0.2, 0.25) is 0 Å². The van der Waals surface area contributed by atoms with Crippen molar-refractivity contribution in [2.75, 3.05) is 0 Å². The number of unbranched alkanes of at least 4 members (excludes halogenated alkanes) is 7. The van der Waals surface area contributed by atoms with Crippen molar-refractivity contribution < 1.29 is 29.6 Å². The lowest BCUT2D eigenvalue weighted by Gasteiger charge is -2.18. The van der Waals surface area contributed by atoms with E-state index < -0.39 is 36.2 Å². The molecule has 1 saturated heterocycles. The summed E-state index contributed by atoms with van der Waals surface area (Å²) in [6.07, 6.45) is 11.1. The van der Waals surface area contributed by atoms with Gasteiger partial charge in [0.1, 0.15) is 12.2 Å². The molecule has 1 amide bonds. The van der Waals surface area contributed by atoms with E-state index in [1.54, 1.807) is 0 Å². The summed E-state index contributed by atoms with van der Waals surface area (Å²) < 4.78 is 4.99. The van der Waals surface area contributed by atoms with E-state index in [1.807, 2.05) is 6.08 Å². The predicted molar refractivity (Wildman–Crippen MR) is 111 cm³/mol. The first-order valence-electron chi connectivity index (χ1n) is 11.0. The third kappa shape index (κ3) is 10.2. The van der Waals surface area contributed by atoms with Gasteiger partial charge in [-0.3, -0.25) is 4.79 Å². The fourth-order valence-electron chi connectivity index (χ4n) is 3.53. The lowest BCUT2D eigenvalue weighted by molar-refractivity contribution is -0.146. The van der Waals surface area contributed by atoms with E-state index in [9.17, 15) is 24.9 Å². The van der Waals surface area contributed by atoms with Crippen LogP contribution in [0.4, 0.5) is 0 Å². The minimum Gasteiger partial charge on any atom is -0.455 e. The highest BCUT2D eigenvalue weighted by atomic mass is 16.6. The highest BCUT2D eigenvalue weighted by Crippen LogP contribution is 2.20. The molecule has 4 N–H and O–H groups in total. The van der Waals surface area contributed by atoms with Gasteiger partial charge in [0.05, 0.1) is 6.10 Å². The summed E-state index contributed by atoms with van der Waals surface area (Å²) in [5.74, 6) is -1.18. The van der Waals surface area contributed by atoms with Crippen LogP contribution in [-0.4, -0.2) is 57.7 Å². The van der Waals surface area contributed by atoms with E-state index >= 15 is 0 Å². The molecule has 1 fully saturated rings. The normalized spacial score (nSPS) is 23.9. The molecule has 1 aliphatic heterocycles. The molecule has 29 heavy (non-hydrogen) atoms. The van der Waals surface area contributed by atoms with Gasteiger partial charge in [-0.25, -0.2) is 4.79 Å². The number of nitrogens with one attached hydrogen (secondary N) is 1. The van der Waals surface area contributed by atoms with Crippen molar-refractivity contribution in [1.82, 2.24) is 5.32 Å². The SMILES string of the molecule is CCCCCC[C@@H](O)CCCCCC/C=C/[C@H](O)[C@H]1OC(=O)[C@@H](NC(C)=O)[C@H]1O. The smallest absolute Gasteiger partial charge is 0.332 e. The van der Waals surface area contributed by atoms with Gasteiger partial charge in [0.2, 0.25) is 5.91 Å². The van der Waals surface area contributed by atoms with Gasteiger partial charge in [0, 0.05) is 6.92 Å². The van der Waals surface area contributed by atoms with E-state index in [1.165, 1.54) is 32.3 Å². The maximum Gasteiger partial charge on any atom is 0.332 e. The molecule has 1 rings (SSSR count). The summed E-state index contributed by atoms with van der Waals surface area (Å²) in [6.45, 7) is 3.43. The topological polar surface area (TPSA) is 116 Å². The molecule has 7 nitrogen and oxygen atoms in total. The Hall–Kier alpha value is -1.44. The number of aliphatic hydroxyl groups is 3. The zero-order valence-corrected chi connectivity index (χ0v) is 17.9. The van der Waals surface area contributed by atoms with Crippen molar-refractivity contribution in [3.8, 4) is 0 Å². The number of rotatable bonds is 15. The lowest BCUT2D eigenvalue weighted by Crippen LogP contribution is -2.47. The minimum absolute atomic E-state index is 0.177. The quantitative estimate of drug-likeness (QED) is 0.186. The van der Waals surface area contributed by atoms with E-state index in [0.29, 0.717) is 0 Å². The van der Waals surface area contributed by atoms with Gasteiger partial charge in [-0.15, -0.1) is 0 Å². The first-order valence-corrected chi connectivity index (χ1v) is 11.0. The highest BCUT2D eigenvalue weighted by Gasteiger charge is 2.46. The number of ether oxygens (including phenoxy) is 1. The van der Waals surface area contributed by atoms with Gasteiger partial charge in [-0.2, -0.15) is 0 Å². The van der Waals surface area contributed by atoms with Crippen LogP contribution in [0.25, 0.3) is 0 Å². The molecular formula is C22H39NO6. The number of carbonyl (C=O) groups excluding carboxylic acids is 2. The number of hydrogen-bond acceptors (Lipinski definition) is 6. The fraction of sp³-hybridized carbons (Fsp3) is 0.818. The zero-order valence-electron chi connectivity index (χ0n) is 17.9. The van der Waals surface area contributed by atoms with Crippen molar-refractivity contribution >= 4 is 11.9 Å². The molecule has 0 radical (unpaired) electrons. The molecule has 0 saturated carbocycles. The molecule has 0 aliphatic carbocycles. The third-order valence-electron chi connectivity index (χ3n) is 5.26. The summed E-state index contributed by atoms with van der Waals surface area (Å²) in [7, 11) is 0. The Morgan fingerprint density at radius 3 is 2.34 bits per heavy atom. The second-order valence-electron chi connectivity index (χ2n) is 7.98. The maximum atomic E-state index is 11.7. The summed E-state index contributed by atoms with van der Waals surface area (Å²) in [6, 6.07) is -1.14. The van der Waals surface area contributed by atoms with Crippen molar-refractivity contribution in [2.45, 2.75) is 115 Å². The Kier molecular flexibility index (Phi) is 12.8. The van der Waals surface area contributed by atoms with Gasteiger partial charge >= 0.3 is 5.97 Å². The monoisotopic (exact) mass is 413 g/mol. The Balaban J connectivity index is 2.12. The Morgan fingerprint density at radius 2 is 1.72 bits per heavy atom. The highest BCUT2D eigenvalue weighted by molar-refractivity contribution is 5.85. The van der Waals surface area contributed by atoms with Crippen molar-refractivity contribution in [1.29, 1.82) is 0 Å². The van der Waals surface area contributed by atoms with Crippen LogP contribution in [0.1, 0.15) is 84.5 Å². The first kappa shape index (κ1) is 25.6. The van der Waals surface area contributed by atoms with Gasteiger partial charge < -0.3 is 25.4 Å². The average Bonchev–Trinajstić information content (AvgIpc) is 2.95. The van der Waals surface area contributed by atoms with E-state index in [-0.39, 0.29) is 6.10 Å². The molecule has 7 heteroatoms. The summed E-state index contributed by atoms with van der Waals surface area (Å²) >= 11 is 0. The molecular weight excluding hydrogens is 374 g/mol. The van der Waals surface area contributed by atoms with Crippen LogP contribution in [0.3, 0.4) is 0 Å². The molecule has 1 aliphatic rings. The van der Waals surface area contributed by atoms with Gasteiger partial charge in [0.25, 0.3) is 0 Å². The molecule has 168 valence electrons. The Labute approximate surface area is 174 Å². The van der Waals surface area contributed by atoms with Gasteiger partial charge in [-0.1, -0.05) is 64.0 Å². The molecule has 0 spiro atoms. The number of carbonyl (C=O) groups is 2. The van der Waals surface area contributed by atoms with E-state index in [0.717, 1.165) is 51.4 Å². The number of aliphatic hydroxyl groups excluding tert-OH is 3. The number of amides is 1. The minimum atomic E-state index is -1.28. The van der Waals surface area contributed by atoms with Crippen LogP contribution in [-0.2, 0) is 14.3 Å². The number of esters is 1. The van der Waals surface area contributed by atoms with Crippen molar-refractivity contribution in [3.05, 3.63) is 12.2 Å². The van der Waals surface area contributed by atoms with Crippen LogP contribution >= 0.6 is 0 Å². The van der Waals surface area contributed by atoms with Gasteiger partial charge in [0.15, 0.2) is 12.1 Å². The van der Waals surface area contributed by atoms with E-state index in [4.69, 9.17) is 4.74 Å². The first-order chi connectivity index (χ1) is 13.9.